The lowest BCUT2D eigenvalue weighted by Gasteiger charge is -2.15. The molecule has 0 bridgehead atoms. The first-order chi connectivity index (χ1) is 7.63. The van der Waals surface area contributed by atoms with Gasteiger partial charge in [-0.05, 0) is 32.7 Å². The maximum absolute atomic E-state index is 11.0. The van der Waals surface area contributed by atoms with Gasteiger partial charge in [0, 0.05) is 19.2 Å². The number of likely N-dealkylation sites (tertiary alicyclic amines) is 1. The Hall–Kier alpha value is -0.870. The summed E-state index contributed by atoms with van der Waals surface area (Å²) < 4.78 is 4.78. The molecule has 0 spiro atoms. The molecule has 4 nitrogen and oxygen atoms in total. The number of aliphatic hydroxyl groups is 1. The minimum absolute atomic E-state index is 0.237. The molecule has 1 aliphatic heterocycles. The summed E-state index contributed by atoms with van der Waals surface area (Å²) in [6.07, 6.45) is 4.09. The third-order valence-corrected chi connectivity index (χ3v) is 2.90. The number of ether oxygens (including phenoxy) is 1. The summed E-state index contributed by atoms with van der Waals surface area (Å²) in [7, 11) is 0. The van der Waals surface area contributed by atoms with Crippen LogP contribution in [-0.2, 0) is 9.53 Å². The van der Waals surface area contributed by atoms with Crippen LogP contribution in [0.4, 0.5) is 0 Å². The van der Waals surface area contributed by atoms with Crippen molar-refractivity contribution in [3.63, 3.8) is 0 Å². The van der Waals surface area contributed by atoms with Gasteiger partial charge < -0.3 is 9.84 Å². The quantitative estimate of drug-likeness (QED) is 0.558. The van der Waals surface area contributed by atoms with Crippen LogP contribution in [0.1, 0.15) is 20.3 Å². The van der Waals surface area contributed by atoms with E-state index in [4.69, 9.17) is 4.74 Å². The fraction of sp³-hybridized carbons (Fsp3) is 0.750. The molecule has 0 aromatic carbocycles. The van der Waals surface area contributed by atoms with Crippen molar-refractivity contribution in [2.75, 3.05) is 26.2 Å². The van der Waals surface area contributed by atoms with Crippen LogP contribution in [-0.4, -0.2) is 48.3 Å². The summed E-state index contributed by atoms with van der Waals surface area (Å²) in [5, 5.41) is 9.43. The summed E-state index contributed by atoms with van der Waals surface area (Å²) >= 11 is 0. The average Bonchev–Trinajstić information content (AvgIpc) is 2.67. The van der Waals surface area contributed by atoms with Crippen LogP contribution in [0.2, 0.25) is 0 Å². The van der Waals surface area contributed by atoms with Crippen molar-refractivity contribution >= 4 is 5.97 Å². The molecule has 92 valence electrons. The van der Waals surface area contributed by atoms with Crippen LogP contribution in [0.5, 0.6) is 0 Å². The van der Waals surface area contributed by atoms with Crippen molar-refractivity contribution < 1.29 is 14.6 Å². The molecule has 0 saturated carbocycles. The number of carbonyl (C=O) groups is 1. The van der Waals surface area contributed by atoms with E-state index in [0.29, 0.717) is 12.5 Å². The zero-order valence-electron chi connectivity index (χ0n) is 10.1. The molecule has 2 atom stereocenters. The van der Waals surface area contributed by atoms with Gasteiger partial charge in [-0.15, -0.1) is 0 Å². The maximum atomic E-state index is 11.0. The molecule has 0 aliphatic carbocycles. The van der Waals surface area contributed by atoms with Crippen molar-refractivity contribution in [2.45, 2.75) is 26.4 Å². The zero-order valence-corrected chi connectivity index (χ0v) is 10.1. The minimum Gasteiger partial charge on any atom is -0.463 e. The molecule has 1 aliphatic rings. The second kappa shape index (κ2) is 6.66. The molecule has 4 heteroatoms. The summed E-state index contributed by atoms with van der Waals surface area (Å²) in [4.78, 5) is 13.3. The second-order valence-corrected chi connectivity index (χ2v) is 4.20. The van der Waals surface area contributed by atoms with Crippen LogP contribution in [0, 0.1) is 5.92 Å². The highest BCUT2D eigenvalue weighted by Crippen LogP contribution is 2.18. The first-order valence-corrected chi connectivity index (χ1v) is 5.87. The molecule has 2 unspecified atom stereocenters. The number of nitrogens with zero attached hydrogens (tertiary/aromatic N) is 1. The third-order valence-electron chi connectivity index (χ3n) is 2.90. The number of aliphatic hydroxyl groups excluding tert-OH is 1. The summed E-state index contributed by atoms with van der Waals surface area (Å²) in [5.41, 5.74) is 0. The predicted molar refractivity (Wildman–Crippen MR) is 62.0 cm³/mol. The summed E-state index contributed by atoms with van der Waals surface area (Å²) in [6, 6.07) is 0. The second-order valence-electron chi connectivity index (χ2n) is 4.20. The first kappa shape index (κ1) is 13.2. The Balaban J connectivity index is 2.22. The minimum atomic E-state index is -0.284. The molecule has 1 N–H and O–H groups in total. The Morgan fingerprint density at radius 2 is 2.44 bits per heavy atom. The highest BCUT2D eigenvalue weighted by atomic mass is 16.5. The third kappa shape index (κ3) is 4.33. The van der Waals surface area contributed by atoms with E-state index in [9.17, 15) is 9.90 Å². The lowest BCUT2D eigenvalue weighted by atomic mass is 10.0. The summed E-state index contributed by atoms with van der Waals surface area (Å²) in [6.45, 7) is 6.69. The standard InChI is InChI=1S/C12H21NO3/c1-3-16-12(15)5-4-7-13-8-6-11(9-13)10(2)14/h4-5,10-11,14H,3,6-9H2,1-2H3/b5-4+. The normalized spacial score (nSPS) is 23.8. The van der Waals surface area contributed by atoms with Gasteiger partial charge in [0.2, 0.25) is 0 Å². The van der Waals surface area contributed by atoms with Gasteiger partial charge in [-0.2, -0.15) is 0 Å². The van der Waals surface area contributed by atoms with Gasteiger partial charge in [-0.1, -0.05) is 6.08 Å². The van der Waals surface area contributed by atoms with Crippen molar-refractivity contribution in [1.29, 1.82) is 0 Å². The van der Waals surface area contributed by atoms with E-state index in [1.54, 1.807) is 6.92 Å². The number of carbonyl (C=O) groups excluding carboxylic acids is 1. The van der Waals surface area contributed by atoms with Gasteiger partial charge in [-0.25, -0.2) is 4.79 Å². The highest BCUT2D eigenvalue weighted by molar-refractivity contribution is 5.81. The van der Waals surface area contributed by atoms with Crippen molar-refractivity contribution in [3.8, 4) is 0 Å². The molecular formula is C12H21NO3. The van der Waals surface area contributed by atoms with E-state index >= 15 is 0 Å². The Morgan fingerprint density at radius 3 is 3.00 bits per heavy atom. The number of hydrogen-bond donors (Lipinski definition) is 1. The average molecular weight is 227 g/mol. The molecule has 1 heterocycles. The van der Waals surface area contributed by atoms with Crippen LogP contribution in [0.25, 0.3) is 0 Å². The molecule has 0 aromatic heterocycles. The molecule has 1 saturated heterocycles. The van der Waals surface area contributed by atoms with Gasteiger partial charge in [0.1, 0.15) is 0 Å². The van der Waals surface area contributed by atoms with Gasteiger partial charge in [0.25, 0.3) is 0 Å². The van der Waals surface area contributed by atoms with Crippen LogP contribution >= 0.6 is 0 Å². The molecule has 0 aromatic rings. The van der Waals surface area contributed by atoms with Crippen molar-refractivity contribution in [1.82, 2.24) is 4.90 Å². The molecule has 1 fully saturated rings. The summed E-state index contributed by atoms with van der Waals surface area (Å²) in [5.74, 6) is 0.0877. The van der Waals surface area contributed by atoms with Gasteiger partial charge in [0.15, 0.2) is 0 Å². The maximum Gasteiger partial charge on any atom is 0.330 e. The fourth-order valence-electron chi connectivity index (χ4n) is 1.91. The zero-order chi connectivity index (χ0) is 12.0. The van der Waals surface area contributed by atoms with E-state index in [0.717, 1.165) is 26.1 Å². The van der Waals surface area contributed by atoms with E-state index < -0.39 is 0 Å². The largest absolute Gasteiger partial charge is 0.463 e. The SMILES string of the molecule is CCOC(=O)/C=C/CN1CCC(C(C)O)C1. The van der Waals surface area contributed by atoms with E-state index in [-0.39, 0.29) is 12.1 Å². The number of rotatable bonds is 5. The van der Waals surface area contributed by atoms with E-state index in [1.165, 1.54) is 6.08 Å². The van der Waals surface area contributed by atoms with Gasteiger partial charge in [0.05, 0.1) is 12.7 Å². The lowest BCUT2D eigenvalue weighted by molar-refractivity contribution is -0.137. The number of esters is 1. The lowest BCUT2D eigenvalue weighted by Crippen LogP contribution is -2.24. The Labute approximate surface area is 96.9 Å². The van der Waals surface area contributed by atoms with Crippen LogP contribution < -0.4 is 0 Å². The molecule has 0 radical (unpaired) electrons. The van der Waals surface area contributed by atoms with Gasteiger partial charge >= 0.3 is 5.97 Å². The van der Waals surface area contributed by atoms with Crippen LogP contribution in [0.15, 0.2) is 12.2 Å². The highest BCUT2D eigenvalue weighted by Gasteiger charge is 2.24. The smallest absolute Gasteiger partial charge is 0.330 e. The van der Waals surface area contributed by atoms with Crippen molar-refractivity contribution in [2.24, 2.45) is 5.92 Å². The number of hydrogen-bond acceptors (Lipinski definition) is 4. The first-order valence-electron chi connectivity index (χ1n) is 5.87. The fourth-order valence-corrected chi connectivity index (χ4v) is 1.91. The van der Waals surface area contributed by atoms with Crippen molar-refractivity contribution in [3.05, 3.63) is 12.2 Å². The topological polar surface area (TPSA) is 49.8 Å². The predicted octanol–water partition coefficient (Wildman–Crippen LogP) is 0.808. The van der Waals surface area contributed by atoms with Gasteiger partial charge in [-0.3, -0.25) is 4.90 Å². The van der Waals surface area contributed by atoms with E-state index in [1.807, 2.05) is 13.0 Å². The Kier molecular flexibility index (Phi) is 5.49. The molecular weight excluding hydrogens is 206 g/mol. The Morgan fingerprint density at radius 1 is 1.69 bits per heavy atom. The molecule has 16 heavy (non-hydrogen) atoms. The molecule has 0 amide bonds. The Bertz CT molecular complexity index is 251. The van der Waals surface area contributed by atoms with E-state index in [2.05, 4.69) is 4.90 Å². The van der Waals surface area contributed by atoms with Crippen LogP contribution in [0.3, 0.4) is 0 Å². The molecule has 1 rings (SSSR count). The monoisotopic (exact) mass is 227 g/mol.